The van der Waals surface area contributed by atoms with Crippen molar-refractivity contribution >= 4 is 22.8 Å². The second-order valence-corrected chi connectivity index (χ2v) is 12.2. The maximum atomic E-state index is 5.25. The summed E-state index contributed by atoms with van der Waals surface area (Å²) in [6, 6.07) is 40.5. The molecule has 1 aliphatic rings. The molecule has 0 saturated heterocycles. The molecule has 0 fully saturated rings. The Hall–Kier alpha value is -7.32. The summed E-state index contributed by atoms with van der Waals surface area (Å²) < 4.78 is 0. The van der Waals surface area contributed by atoms with Crippen LogP contribution in [0.2, 0.25) is 0 Å². The Kier molecular flexibility index (Phi) is 7.99. The number of hydrogen-bond donors (Lipinski definition) is 0. The molecule has 0 saturated carbocycles. The zero-order valence-corrected chi connectivity index (χ0v) is 27.7. The normalized spacial score (nSPS) is 12.1. The molecule has 244 valence electrons. The van der Waals surface area contributed by atoms with Crippen molar-refractivity contribution in [2.45, 2.75) is 0 Å². The van der Waals surface area contributed by atoms with Gasteiger partial charge in [0.05, 0.1) is 58.0 Å². The van der Waals surface area contributed by atoms with Gasteiger partial charge < -0.3 is 0 Å². The van der Waals surface area contributed by atoms with Crippen molar-refractivity contribution in [2.75, 3.05) is 0 Å². The summed E-state index contributed by atoms with van der Waals surface area (Å²) in [4.78, 5) is 37.7. The first-order valence-electron chi connectivity index (χ1n) is 16.8. The SMILES string of the molecule is c1cncc(-c2cccc(-c3ccc(C4=Nc5cnccc5C(c5ccc(-c6cccc(-c7cccnc7)n6)cc5)=Nc5cnccc54)cc3)n2)c1. The van der Waals surface area contributed by atoms with Gasteiger partial charge in [-0.1, -0.05) is 60.7 Å². The maximum Gasteiger partial charge on any atom is 0.0914 e. The van der Waals surface area contributed by atoms with Gasteiger partial charge in [0, 0.05) is 81.7 Å². The maximum absolute atomic E-state index is 5.25. The number of fused-ring (bicyclic) bond motifs is 2. The molecule has 1 aliphatic heterocycles. The van der Waals surface area contributed by atoms with E-state index in [9.17, 15) is 0 Å². The molecule has 0 unspecified atom stereocenters. The van der Waals surface area contributed by atoms with Gasteiger partial charge in [0.2, 0.25) is 0 Å². The van der Waals surface area contributed by atoms with Gasteiger partial charge in [-0.25, -0.2) is 20.0 Å². The predicted molar refractivity (Wildman–Crippen MR) is 205 cm³/mol. The molecule has 0 radical (unpaired) electrons. The van der Waals surface area contributed by atoms with Crippen molar-refractivity contribution in [3.05, 3.63) is 193 Å². The van der Waals surface area contributed by atoms with Crippen molar-refractivity contribution in [3.63, 3.8) is 0 Å². The molecule has 9 rings (SSSR count). The van der Waals surface area contributed by atoms with E-state index < -0.39 is 0 Å². The lowest BCUT2D eigenvalue weighted by atomic mass is 9.96. The first-order valence-corrected chi connectivity index (χ1v) is 16.8. The molecule has 0 N–H and O–H groups in total. The second kappa shape index (κ2) is 13.5. The van der Waals surface area contributed by atoms with Crippen molar-refractivity contribution in [1.29, 1.82) is 0 Å². The Balaban J connectivity index is 1.07. The second-order valence-electron chi connectivity index (χ2n) is 12.2. The minimum absolute atomic E-state index is 0.726. The van der Waals surface area contributed by atoms with Crippen LogP contribution >= 0.6 is 0 Å². The van der Waals surface area contributed by atoms with Crippen molar-refractivity contribution in [1.82, 2.24) is 29.9 Å². The van der Waals surface area contributed by atoms with E-state index in [1.165, 1.54) is 0 Å². The van der Waals surface area contributed by atoms with Gasteiger partial charge in [0.25, 0.3) is 0 Å². The smallest absolute Gasteiger partial charge is 0.0914 e. The number of hydrogen-bond acceptors (Lipinski definition) is 8. The van der Waals surface area contributed by atoms with Crippen LogP contribution in [0, 0.1) is 0 Å². The first kappa shape index (κ1) is 30.7. The van der Waals surface area contributed by atoms with Gasteiger partial charge in [-0.3, -0.25) is 19.9 Å². The molecule has 0 aliphatic carbocycles. The summed E-state index contributed by atoms with van der Waals surface area (Å²) in [6.07, 6.45) is 14.3. The van der Waals surface area contributed by atoms with E-state index in [1.807, 2.05) is 85.2 Å². The van der Waals surface area contributed by atoms with Crippen LogP contribution in [0.1, 0.15) is 22.3 Å². The lowest BCUT2D eigenvalue weighted by molar-refractivity contribution is 1.26. The van der Waals surface area contributed by atoms with Gasteiger partial charge in [0.1, 0.15) is 0 Å². The first-order chi connectivity index (χ1) is 25.8. The molecule has 6 aromatic heterocycles. The third-order valence-corrected chi connectivity index (χ3v) is 8.90. The largest absolute Gasteiger partial charge is 0.264 e. The summed E-state index contributed by atoms with van der Waals surface area (Å²) in [5.74, 6) is 0. The fraction of sp³-hybridized carbons (Fsp3) is 0. The number of rotatable bonds is 6. The minimum Gasteiger partial charge on any atom is -0.264 e. The Morgan fingerprint density at radius 2 is 0.673 bits per heavy atom. The van der Waals surface area contributed by atoms with Gasteiger partial charge in [-0.05, 0) is 60.7 Å². The standard InChI is InChI=1S/C44H28N8/c1-7-37(49-39(9-1)33-5-3-21-45-25-33)29-11-15-31(16-12-29)43-35-19-23-47-27-41(35)52-44(36-20-24-48-28-42(36)51-43)32-17-13-30(14-18-32)38-8-2-10-40(50-38)34-6-4-22-46-26-34/h1-28H. The van der Waals surface area contributed by atoms with E-state index in [0.29, 0.717) is 0 Å². The van der Waals surface area contributed by atoms with E-state index in [4.69, 9.17) is 20.0 Å². The van der Waals surface area contributed by atoms with E-state index in [2.05, 4.69) is 68.5 Å². The number of aliphatic imine (C=N–C) groups is 2. The molecule has 0 bridgehead atoms. The minimum atomic E-state index is 0.726. The van der Waals surface area contributed by atoms with Crippen LogP contribution in [0.15, 0.2) is 181 Å². The average molecular weight is 669 g/mol. The molecule has 2 aromatic carbocycles. The Bertz CT molecular complexity index is 2420. The molecule has 0 amide bonds. The van der Waals surface area contributed by atoms with Crippen LogP contribution in [-0.4, -0.2) is 41.3 Å². The highest BCUT2D eigenvalue weighted by atomic mass is 14.9. The Morgan fingerprint density at radius 3 is 1.08 bits per heavy atom. The van der Waals surface area contributed by atoms with Crippen molar-refractivity contribution in [3.8, 4) is 45.0 Å². The summed E-state index contributed by atoms with van der Waals surface area (Å²) >= 11 is 0. The molecular weight excluding hydrogens is 641 g/mol. The fourth-order valence-corrected chi connectivity index (χ4v) is 6.29. The molecule has 8 aromatic rings. The van der Waals surface area contributed by atoms with E-state index in [0.717, 1.165) is 90.1 Å². The van der Waals surface area contributed by atoms with Gasteiger partial charge in [0.15, 0.2) is 0 Å². The summed E-state index contributed by atoms with van der Waals surface area (Å²) in [5.41, 5.74) is 14.1. The van der Waals surface area contributed by atoms with Crippen molar-refractivity contribution < 1.29 is 0 Å². The molecule has 52 heavy (non-hydrogen) atoms. The quantitative estimate of drug-likeness (QED) is 0.175. The molecule has 8 nitrogen and oxygen atoms in total. The Labute approximate surface area is 300 Å². The van der Waals surface area contributed by atoms with Crippen LogP contribution in [0.3, 0.4) is 0 Å². The van der Waals surface area contributed by atoms with Gasteiger partial charge in [-0.2, -0.15) is 0 Å². The highest BCUT2D eigenvalue weighted by Gasteiger charge is 2.21. The molecular formula is C44H28N8. The van der Waals surface area contributed by atoms with E-state index >= 15 is 0 Å². The molecule has 0 spiro atoms. The topological polar surface area (TPSA) is 102 Å². The van der Waals surface area contributed by atoms with Crippen LogP contribution in [0.5, 0.6) is 0 Å². The van der Waals surface area contributed by atoms with Crippen LogP contribution in [0.4, 0.5) is 11.4 Å². The lowest BCUT2D eigenvalue weighted by Crippen LogP contribution is -2.10. The molecule has 8 heteroatoms. The zero-order chi connectivity index (χ0) is 34.7. The summed E-state index contributed by atoms with van der Waals surface area (Å²) in [7, 11) is 0. The van der Waals surface area contributed by atoms with Gasteiger partial charge in [-0.15, -0.1) is 0 Å². The number of aromatic nitrogens is 6. The Morgan fingerprint density at radius 1 is 0.288 bits per heavy atom. The highest BCUT2D eigenvalue weighted by Crippen LogP contribution is 2.34. The van der Waals surface area contributed by atoms with Crippen LogP contribution in [-0.2, 0) is 0 Å². The number of pyridine rings is 6. The van der Waals surface area contributed by atoms with Crippen LogP contribution in [0.25, 0.3) is 45.0 Å². The molecule has 0 atom stereocenters. The van der Waals surface area contributed by atoms with E-state index in [-0.39, 0.29) is 0 Å². The number of benzene rings is 2. The average Bonchev–Trinajstić information content (AvgIpc) is 3.22. The van der Waals surface area contributed by atoms with E-state index in [1.54, 1.807) is 37.2 Å². The monoisotopic (exact) mass is 668 g/mol. The predicted octanol–water partition coefficient (Wildman–Crippen LogP) is 9.38. The van der Waals surface area contributed by atoms with Crippen molar-refractivity contribution in [2.24, 2.45) is 9.98 Å². The fourth-order valence-electron chi connectivity index (χ4n) is 6.29. The third-order valence-electron chi connectivity index (χ3n) is 8.90. The summed E-state index contributed by atoms with van der Waals surface area (Å²) in [5, 5.41) is 0. The highest BCUT2D eigenvalue weighted by molar-refractivity contribution is 6.22. The zero-order valence-electron chi connectivity index (χ0n) is 27.7. The lowest BCUT2D eigenvalue weighted by Gasteiger charge is -2.18. The van der Waals surface area contributed by atoms with Crippen LogP contribution < -0.4 is 0 Å². The molecule has 7 heterocycles. The van der Waals surface area contributed by atoms with Gasteiger partial charge >= 0.3 is 0 Å². The number of nitrogens with zero attached hydrogens (tertiary/aromatic N) is 8. The third kappa shape index (κ3) is 6.05. The summed E-state index contributed by atoms with van der Waals surface area (Å²) in [6.45, 7) is 0.